The van der Waals surface area contributed by atoms with Gasteiger partial charge in [0.05, 0.1) is 0 Å². The Bertz CT molecular complexity index is 201. The van der Waals surface area contributed by atoms with E-state index in [0.29, 0.717) is 11.1 Å². The normalized spacial score (nSPS) is 25.0. The molecule has 0 N–H and O–H groups in total. The van der Waals surface area contributed by atoms with Crippen molar-refractivity contribution >= 4 is 0 Å². The number of hydrogen-bond acceptors (Lipinski definition) is 2. The molecular formula is C14H30N2. The highest BCUT2D eigenvalue weighted by atomic mass is 15.3. The summed E-state index contributed by atoms with van der Waals surface area (Å²) in [6.45, 7) is 15.4. The highest BCUT2D eigenvalue weighted by Gasteiger charge is 2.43. The highest BCUT2D eigenvalue weighted by Crippen LogP contribution is 2.38. The molecule has 0 amide bonds. The summed E-state index contributed by atoms with van der Waals surface area (Å²) in [7, 11) is 6.65. The van der Waals surface area contributed by atoms with Crippen LogP contribution in [-0.2, 0) is 0 Å². The van der Waals surface area contributed by atoms with Crippen LogP contribution < -0.4 is 0 Å². The zero-order valence-corrected chi connectivity index (χ0v) is 12.3. The van der Waals surface area contributed by atoms with E-state index in [1.807, 2.05) is 0 Å². The molecule has 0 saturated carbocycles. The van der Waals surface area contributed by atoms with Gasteiger partial charge in [-0.1, -0.05) is 0 Å². The topological polar surface area (TPSA) is 6.48 Å². The first kappa shape index (κ1) is 15.7. The van der Waals surface area contributed by atoms with Crippen molar-refractivity contribution in [2.24, 2.45) is 0 Å². The number of likely N-dealkylation sites (tertiary alicyclic amines) is 1. The molecule has 1 aliphatic heterocycles. The lowest BCUT2D eigenvalue weighted by Crippen LogP contribution is -2.61. The van der Waals surface area contributed by atoms with E-state index >= 15 is 0 Å². The molecular weight excluding hydrogens is 196 g/mol. The van der Waals surface area contributed by atoms with Gasteiger partial charge in [-0.2, -0.15) is 0 Å². The molecule has 1 fully saturated rings. The van der Waals surface area contributed by atoms with E-state index in [0.717, 1.165) is 6.04 Å². The van der Waals surface area contributed by atoms with Gasteiger partial charge in [0.1, 0.15) is 0 Å². The minimum atomic E-state index is 0.316. The minimum absolute atomic E-state index is 0.316. The average molecular weight is 226 g/mol. The smallest absolute Gasteiger partial charge is 0.0170 e. The second-order valence-corrected chi connectivity index (χ2v) is 6.21. The number of piperidine rings is 1. The Labute approximate surface area is 102 Å². The molecule has 0 atom stereocenters. The van der Waals surface area contributed by atoms with Crippen LogP contribution in [0.5, 0.6) is 0 Å². The maximum atomic E-state index is 3.00. The molecule has 2 heteroatoms. The zero-order chi connectivity index (χ0) is 13.1. The van der Waals surface area contributed by atoms with Crippen molar-refractivity contribution in [3.8, 4) is 0 Å². The lowest BCUT2D eigenvalue weighted by atomic mass is 9.77. The van der Waals surface area contributed by atoms with Gasteiger partial charge < -0.3 is 4.90 Å². The van der Waals surface area contributed by atoms with Crippen LogP contribution in [0.4, 0.5) is 0 Å². The maximum absolute atomic E-state index is 3.00. The van der Waals surface area contributed by atoms with E-state index in [4.69, 9.17) is 0 Å². The Kier molecular flexibility index (Phi) is 5.21. The molecule has 96 valence electrons. The van der Waals surface area contributed by atoms with Gasteiger partial charge in [0.15, 0.2) is 0 Å². The molecule has 1 rings (SSSR count). The fourth-order valence-corrected chi connectivity index (χ4v) is 2.68. The predicted molar refractivity (Wildman–Crippen MR) is 73.9 cm³/mol. The van der Waals surface area contributed by atoms with Gasteiger partial charge in [0.2, 0.25) is 0 Å². The van der Waals surface area contributed by atoms with Gasteiger partial charge in [-0.15, -0.1) is 13.2 Å². The van der Waals surface area contributed by atoms with Crippen LogP contribution in [0.3, 0.4) is 0 Å². The first-order valence-electron chi connectivity index (χ1n) is 6.07. The second-order valence-electron chi connectivity index (χ2n) is 6.21. The number of nitrogens with zero attached hydrogens (tertiary/aromatic N) is 2. The quantitative estimate of drug-likeness (QED) is 0.634. The molecule has 1 aliphatic rings. The van der Waals surface area contributed by atoms with Crippen molar-refractivity contribution in [3.05, 3.63) is 13.2 Å². The predicted octanol–water partition coefficient (Wildman–Crippen LogP) is 3.00. The van der Waals surface area contributed by atoms with Gasteiger partial charge in [-0.05, 0) is 61.7 Å². The SMILES string of the molecule is C=C.CN(C)C1CC(C)(C)N(C)C(C)(C)C1. The molecule has 0 spiro atoms. The van der Waals surface area contributed by atoms with E-state index < -0.39 is 0 Å². The third-order valence-corrected chi connectivity index (χ3v) is 4.02. The first-order chi connectivity index (χ1) is 7.17. The molecule has 0 aromatic heterocycles. The summed E-state index contributed by atoms with van der Waals surface area (Å²) in [6.07, 6.45) is 2.53. The summed E-state index contributed by atoms with van der Waals surface area (Å²) in [5.74, 6) is 0. The van der Waals surface area contributed by atoms with Crippen LogP contribution in [0.15, 0.2) is 13.2 Å². The van der Waals surface area contributed by atoms with Crippen LogP contribution in [-0.4, -0.2) is 48.1 Å². The van der Waals surface area contributed by atoms with Gasteiger partial charge in [-0.25, -0.2) is 0 Å². The molecule has 16 heavy (non-hydrogen) atoms. The van der Waals surface area contributed by atoms with Gasteiger partial charge in [0, 0.05) is 17.1 Å². The monoisotopic (exact) mass is 226 g/mol. The molecule has 0 aliphatic carbocycles. The van der Waals surface area contributed by atoms with Crippen molar-refractivity contribution in [2.45, 2.75) is 57.7 Å². The van der Waals surface area contributed by atoms with Gasteiger partial charge >= 0.3 is 0 Å². The summed E-state index contributed by atoms with van der Waals surface area (Å²) >= 11 is 0. The average Bonchev–Trinajstić information content (AvgIpc) is 2.16. The van der Waals surface area contributed by atoms with Crippen molar-refractivity contribution in [2.75, 3.05) is 21.1 Å². The lowest BCUT2D eigenvalue weighted by molar-refractivity contribution is -0.0379. The summed E-state index contributed by atoms with van der Waals surface area (Å²) < 4.78 is 0. The molecule has 1 heterocycles. The van der Waals surface area contributed by atoms with Crippen LogP contribution in [0.25, 0.3) is 0 Å². The fraction of sp³-hybridized carbons (Fsp3) is 0.857. The third-order valence-electron chi connectivity index (χ3n) is 4.02. The Morgan fingerprint density at radius 3 is 1.56 bits per heavy atom. The van der Waals surface area contributed by atoms with Crippen molar-refractivity contribution < 1.29 is 0 Å². The van der Waals surface area contributed by atoms with Crippen molar-refractivity contribution in [1.82, 2.24) is 9.80 Å². The molecule has 0 radical (unpaired) electrons. The second kappa shape index (κ2) is 5.33. The summed E-state index contributed by atoms with van der Waals surface area (Å²) in [5, 5.41) is 0. The van der Waals surface area contributed by atoms with Crippen LogP contribution in [0, 0.1) is 0 Å². The van der Waals surface area contributed by atoms with Crippen LogP contribution in [0.1, 0.15) is 40.5 Å². The van der Waals surface area contributed by atoms with E-state index in [1.165, 1.54) is 12.8 Å². The number of rotatable bonds is 1. The standard InChI is InChI=1S/C12H26N2.C2H4/c1-11(2)8-10(13(5)6)9-12(3,4)14(11)7;1-2/h10H,8-9H2,1-7H3;1-2H2. The Balaban J connectivity index is 0.00000106. The highest BCUT2D eigenvalue weighted by molar-refractivity contribution is 5.00. The summed E-state index contributed by atoms with van der Waals surface area (Å²) in [5.41, 5.74) is 0.632. The molecule has 0 bridgehead atoms. The molecule has 1 saturated heterocycles. The van der Waals surface area contributed by atoms with Crippen molar-refractivity contribution in [1.29, 1.82) is 0 Å². The summed E-state index contributed by atoms with van der Waals surface area (Å²) in [4.78, 5) is 4.90. The summed E-state index contributed by atoms with van der Waals surface area (Å²) in [6, 6.07) is 0.719. The van der Waals surface area contributed by atoms with Crippen LogP contribution >= 0.6 is 0 Å². The zero-order valence-electron chi connectivity index (χ0n) is 12.3. The Morgan fingerprint density at radius 2 is 1.31 bits per heavy atom. The lowest BCUT2D eigenvalue weighted by Gasteiger charge is -2.55. The molecule has 0 unspecified atom stereocenters. The maximum Gasteiger partial charge on any atom is 0.0170 e. The van der Waals surface area contributed by atoms with Gasteiger partial charge in [-0.3, -0.25) is 4.90 Å². The van der Waals surface area contributed by atoms with E-state index in [1.54, 1.807) is 0 Å². The first-order valence-corrected chi connectivity index (χ1v) is 6.07. The van der Waals surface area contributed by atoms with E-state index in [2.05, 4.69) is 71.8 Å². The minimum Gasteiger partial charge on any atom is -0.306 e. The van der Waals surface area contributed by atoms with E-state index in [-0.39, 0.29) is 0 Å². The van der Waals surface area contributed by atoms with E-state index in [9.17, 15) is 0 Å². The molecule has 0 aromatic carbocycles. The number of hydrogen-bond donors (Lipinski definition) is 0. The Morgan fingerprint density at radius 1 is 1.00 bits per heavy atom. The largest absolute Gasteiger partial charge is 0.306 e. The third kappa shape index (κ3) is 3.33. The van der Waals surface area contributed by atoms with Gasteiger partial charge in [0.25, 0.3) is 0 Å². The molecule has 0 aromatic rings. The van der Waals surface area contributed by atoms with Crippen LogP contribution in [0.2, 0.25) is 0 Å². The fourth-order valence-electron chi connectivity index (χ4n) is 2.68. The Hall–Kier alpha value is -0.340. The van der Waals surface area contributed by atoms with Crippen molar-refractivity contribution in [3.63, 3.8) is 0 Å². The molecule has 2 nitrogen and oxygen atoms in total.